The SMILES string of the molecule is CCN(CC(=O)Nc1cccc(OC)c1)CC(=O)N(CC(F)(F)F)c1ccccc1OC. The first-order valence-electron chi connectivity index (χ1n) is 9.83. The summed E-state index contributed by atoms with van der Waals surface area (Å²) in [7, 11) is 2.82. The lowest BCUT2D eigenvalue weighted by Gasteiger charge is -2.28. The second-order valence-corrected chi connectivity index (χ2v) is 6.85. The van der Waals surface area contributed by atoms with Gasteiger partial charge in [-0.15, -0.1) is 0 Å². The van der Waals surface area contributed by atoms with E-state index in [1.807, 2.05) is 0 Å². The molecule has 0 saturated heterocycles. The number of alkyl halides is 3. The van der Waals surface area contributed by atoms with Crippen LogP contribution in [0.4, 0.5) is 24.5 Å². The fraction of sp³-hybridized carbons (Fsp3) is 0.364. The van der Waals surface area contributed by atoms with Crippen molar-refractivity contribution in [2.45, 2.75) is 13.1 Å². The number of ether oxygens (including phenoxy) is 2. The summed E-state index contributed by atoms with van der Waals surface area (Å²) in [4.78, 5) is 27.4. The van der Waals surface area contributed by atoms with E-state index in [1.54, 1.807) is 37.3 Å². The molecule has 0 bridgehead atoms. The fourth-order valence-electron chi connectivity index (χ4n) is 3.00. The topological polar surface area (TPSA) is 71.1 Å². The summed E-state index contributed by atoms with van der Waals surface area (Å²) in [5.41, 5.74) is 0.513. The molecule has 0 unspecified atom stereocenters. The Balaban J connectivity index is 2.12. The zero-order valence-electron chi connectivity index (χ0n) is 18.1. The number of hydrogen-bond acceptors (Lipinski definition) is 5. The maximum atomic E-state index is 13.2. The summed E-state index contributed by atoms with van der Waals surface area (Å²) in [5.74, 6) is -0.510. The molecule has 0 aliphatic carbocycles. The smallest absolute Gasteiger partial charge is 0.406 e. The molecule has 2 aromatic rings. The Kier molecular flexibility index (Phi) is 8.89. The number of rotatable bonds is 10. The van der Waals surface area contributed by atoms with Gasteiger partial charge in [0.15, 0.2) is 0 Å². The minimum Gasteiger partial charge on any atom is -0.497 e. The number of hydrogen-bond donors (Lipinski definition) is 1. The van der Waals surface area contributed by atoms with Crippen molar-refractivity contribution in [3.63, 3.8) is 0 Å². The summed E-state index contributed by atoms with van der Waals surface area (Å²) in [6.07, 6.45) is -4.61. The normalized spacial score (nSPS) is 11.2. The molecule has 0 fully saturated rings. The number of methoxy groups -OCH3 is 2. The van der Waals surface area contributed by atoms with Crippen molar-refractivity contribution in [3.8, 4) is 11.5 Å². The van der Waals surface area contributed by atoms with Crippen molar-refractivity contribution in [2.24, 2.45) is 0 Å². The second-order valence-electron chi connectivity index (χ2n) is 6.85. The first-order valence-corrected chi connectivity index (χ1v) is 9.83. The Morgan fingerprint density at radius 3 is 2.34 bits per heavy atom. The van der Waals surface area contributed by atoms with Gasteiger partial charge < -0.3 is 14.8 Å². The monoisotopic (exact) mass is 453 g/mol. The number of anilines is 2. The van der Waals surface area contributed by atoms with Crippen LogP contribution >= 0.6 is 0 Å². The highest BCUT2D eigenvalue weighted by Gasteiger charge is 2.35. The molecule has 0 aliphatic heterocycles. The van der Waals surface area contributed by atoms with E-state index >= 15 is 0 Å². The van der Waals surface area contributed by atoms with Crippen LogP contribution in [0.1, 0.15) is 6.92 Å². The van der Waals surface area contributed by atoms with E-state index in [2.05, 4.69) is 5.32 Å². The molecular formula is C22H26F3N3O4. The van der Waals surface area contributed by atoms with Crippen molar-refractivity contribution in [1.29, 1.82) is 0 Å². The number of carbonyl (C=O) groups excluding carboxylic acids is 2. The maximum absolute atomic E-state index is 13.2. The number of carbonyl (C=O) groups is 2. The van der Waals surface area contributed by atoms with Crippen molar-refractivity contribution >= 4 is 23.2 Å². The summed E-state index contributed by atoms with van der Waals surface area (Å²) < 4.78 is 49.8. The van der Waals surface area contributed by atoms with Crippen molar-refractivity contribution in [1.82, 2.24) is 4.90 Å². The van der Waals surface area contributed by atoms with Gasteiger partial charge in [0.2, 0.25) is 11.8 Å². The molecule has 0 radical (unpaired) electrons. The van der Waals surface area contributed by atoms with Gasteiger partial charge in [-0.25, -0.2) is 0 Å². The van der Waals surface area contributed by atoms with E-state index in [-0.39, 0.29) is 31.1 Å². The number of nitrogens with one attached hydrogen (secondary N) is 1. The van der Waals surface area contributed by atoms with Crippen LogP contribution in [0.2, 0.25) is 0 Å². The average Bonchev–Trinajstić information content (AvgIpc) is 2.76. The van der Waals surface area contributed by atoms with Gasteiger partial charge in [0, 0.05) is 11.8 Å². The van der Waals surface area contributed by atoms with Gasteiger partial charge in [0.1, 0.15) is 18.0 Å². The van der Waals surface area contributed by atoms with Gasteiger partial charge >= 0.3 is 6.18 Å². The molecule has 2 aromatic carbocycles. The molecule has 174 valence electrons. The van der Waals surface area contributed by atoms with E-state index in [0.29, 0.717) is 16.3 Å². The number of amides is 2. The lowest BCUT2D eigenvalue weighted by Crippen LogP contribution is -2.46. The quantitative estimate of drug-likeness (QED) is 0.596. The second kappa shape index (κ2) is 11.4. The Labute approximate surface area is 184 Å². The lowest BCUT2D eigenvalue weighted by atomic mass is 10.2. The summed E-state index contributed by atoms with van der Waals surface area (Å²) in [6, 6.07) is 12.7. The van der Waals surface area contributed by atoms with Crippen molar-refractivity contribution < 1.29 is 32.2 Å². The molecule has 1 N–H and O–H groups in total. The van der Waals surface area contributed by atoms with Crippen LogP contribution in [0.25, 0.3) is 0 Å². The Bertz CT molecular complexity index is 921. The zero-order chi connectivity index (χ0) is 23.7. The van der Waals surface area contributed by atoms with Crippen molar-refractivity contribution in [2.75, 3.05) is 50.6 Å². The highest BCUT2D eigenvalue weighted by molar-refractivity contribution is 5.97. The third-order valence-electron chi connectivity index (χ3n) is 4.54. The number of nitrogens with zero attached hydrogens (tertiary/aromatic N) is 2. The van der Waals surface area contributed by atoms with Gasteiger partial charge in [0.05, 0.1) is 33.0 Å². The average molecular weight is 453 g/mol. The molecule has 0 spiro atoms. The van der Waals surface area contributed by atoms with E-state index in [9.17, 15) is 22.8 Å². The summed E-state index contributed by atoms with van der Waals surface area (Å²) in [5, 5.41) is 2.69. The molecule has 2 rings (SSSR count). The molecule has 0 atom stereocenters. The Morgan fingerprint density at radius 1 is 1.00 bits per heavy atom. The Hall–Kier alpha value is -3.27. The van der Waals surface area contributed by atoms with Gasteiger partial charge in [-0.3, -0.25) is 19.4 Å². The molecule has 0 heterocycles. The van der Waals surface area contributed by atoms with Crippen molar-refractivity contribution in [3.05, 3.63) is 48.5 Å². The molecule has 0 aromatic heterocycles. The van der Waals surface area contributed by atoms with Crippen LogP contribution in [-0.4, -0.2) is 63.3 Å². The van der Waals surface area contributed by atoms with Crippen LogP contribution in [0.15, 0.2) is 48.5 Å². The first-order chi connectivity index (χ1) is 15.2. The van der Waals surface area contributed by atoms with Gasteiger partial charge in [0.25, 0.3) is 0 Å². The minimum absolute atomic E-state index is 0.00853. The number of benzene rings is 2. The number of likely N-dealkylation sites (N-methyl/N-ethyl adjacent to an activating group) is 1. The highest BCUT2D eigenvalue weighted by Crippen LogP contribution is 2.30. The van der Waals surface area contributed by atoms with Crippen LogP contribution in [-0.2, 0) is 9.59 Å². The van der Waals surface area contributed by atoms with Gasteiger partial charge in [-0.05, 0) is 30.8 Å². The lowest BCUT2D eigenvalue weighted by molar-refractivity contribution is -0.133. The predicted molar refractivity (Wildman–Crippen MR) is 115 cm³/mol. The number of para-hydroxylation sites is 2. The van der Waals surface area contributed by atoms with E-state index in [0.717, 1.165) is 0 Å². The maximum Gasteiger partial charge on any atom is 0.406 e. The minimum atomic E-state index is -4.61. The molecule has 10 heteroatoms. The molecule has 2 amide bonds. The van der Waals surface area contributed by atoms with Crippen LogP contribution in [0.3, 0.4) is 0 Å². The summed E-state index contributed by atoms with van der Waals surface area (Å²) in [6.45, 7) is -0.0342. The summed E-state index contributed by atoms with van der Waals surface area (Å²) >= 11 is 0. The largest absolute Gasteiger partial charge is 0.497 e. The van der Waals surface area contributed by atoms with Crippen LogP contribution < -0.4 is 19.7 Å². The first kappa shape index (κ1) is 25.0. The molecule has 32 heavy (non-hydrogen) atoms. The molecular weight excluding hydrogens is 427 g/mol. The van der Waals surface area contributed by atoms with Gasteiger partial charge in [-0.1, -0.05) is 25.1 Å². The Morgan fingerprint density at radius 2 is 1.72 bits per heavy atom. The third-order valence-corrected chi connectivity index (χ3v) is 4.54. The molecule has 0 saturated carbocycles. The fourth-order valence-corrected chi connectivity index (χ4v) is 3.00. The number of halogens is 3. The third kappa shape index (κ3) is 7.45. The van der Waals surface area contributed by atoms with Gasteiger partial charge in [-0.2, -0.15) is 13.2 Å². The zero-order valence-corrected chi connectivity index (χ0v) is 18.1. The molecule has 7 nitrogen and oxygen atoms in total. The highest BCUT2D eigenvalue weighted by atomic mass is 19.4. The standard InChI is InChI=1S/C22H26F3N3O4/c1-4-27(13-20(29)26-16-8-7-9-17(12-16)31-2)14-21(30)28(15-22(23,24)25)18-10-5-6-11-19(18)32-3/h5-12H,4,13-15H2,1-3H3,(H,26,29). The van der Waals surface area contributed by atoms with E-state index in [1.165, 1.54) is 37.3 Å². The van der Waals surface area contributed by atoms with E-state index in [4.69, 9.17) is 9.47 Å². The van der Waals surface area contributed by atoms with Crippen LogP contribution in [0, 0.1) is 0 Å². The van der Waals surface area contributed by atoms with Crippen LogP contribution in [0.5, 0.6) is 11.5 Å². The molecule has 0 aliphatic rings. The van der Waals surface area contributed by atoms with E-state index < -0.39 is 24.5 Å². The predicted octanol–water partition coefficient (Wildman–Crippen LogP) is 3.56.